The molecule has 0 aliphatic carbocycles. The first-order chi connectivity index (χ1) is 8.49. The Morgan fingerprint density at radius 3 is 2.61 bits per heavy atom. The van der Waals surface area contributed by atoms with Gasteiger partial charge in [-0.2, -0.15) is 0 Å². The molecule has 0 bridgehead atoms. The number of benzene rings is 1. The Labute approximate surface area is 113 Å². The van der Waals surface area contributed by atoms with Gasteiger partial charge in [0, 0.05) is 17.6 Å². The minimum atomic E-state index is -2.86. The molecule has 1 fully saturated rings. The number of halogens is 1. The van der Waals surface area contributed by atoms with E-state index >= 15 is 0 Å². The molecule has 100 valence electrons. The fraction of sp³-hybridized carbons (Fsp3) is 0.538. The molecule has 1 N–H and O–H groups in total. The molecule has 1 aliphatic heterocycles. The molecule has 1 aromatic carbocycles. The summed E-state index contributed by atoms with van der Waals surface area (Å²) in [6, 6.07) is 7.76. The van der Waals surface area contributed by atoms with Crippen molar-refractivity contribution in [3.63, 3.8) is 0 Å². The van der Waals surface area contributed by atoms with Crippen molar-refractivity contribution in [2.24, 2.45) is 0 Å². The molecule has 2 unspecified atom stereocenters. The van der Waals surface area contributed by atoms with Crippen LogP contribution in [0.3, 0.4) is 0 Å². The number of hydrogen-bond donors (Lipinski definition) is 1. The zero-order valence-electron chi connectivity index (χ0n) is 10.4. The SMILES string of the molecule is CC(NCC1CCCS1(=O)=O)c1ccc(Cl)cc1. The third-order valence-corrected chi connectivity index (χ3v) is 6.01. The van der Waals surface area contributed by atoms with Crippen molar-refractivity contribution in [2.45, 2.75) is 31.1 Å². The highest BCUT2D eigenvalue weighted by molar-refractivity contribution is 7.92. The van der Waals surface area contributed by atoms with Crippen LogP contribution in [0.15, 0.2) is 24.3 Å². The quantitative estimate of drug-likeness (QED) is 0.926. The molecule has 5 heteroatoms. The fourth-order valence-corrected chi connectivity index (χ4v) is 4.17. The summed E-state index contributed by atoms with van der Waals surface area (Å²) < 4.78 is 23.4. The van der Waals surface area contributed by atoms with Gasteiger partial charge in [-0.15, -0.1) is 0 Å². The summed E-state index contributed by atoms with van der Waals surface area (Å²) >= 11 is 5.83. The predicted octanol–water partition coefficient (Wildman–Crippen LogP) is 2.57. The minimum absolute atomic E-state index is 0.137. The molecule has 1 aromatic rings. The van der Waals surface area contributed by atoms with Gasteiger partial charge in [0.2, 0.25) is 0 Å². The summed E-state index contributed by atoms with van der Waals surface area (Å²) in [5.41, 5.74) is 1.12. The molecule has 0 aromatic heterocycles. The first-order valence-corrected chi connectivity index (χ1v) is 8.29. The van der Waals surface area contributed by atoms with Crippen molar-refractivity contribution in [3.8, 4) is 0 Å². The largest absolute Gasteiger partial charge is 0.309 e. The lowest BCUT2D eigenvalue weighted by Crippen LogP contribution is -2.32. The average Bonchev–Trinajstić information content (AvgIpc) is 2.66. The van der Waals surface area contributed by atoms with Gasteiger partial charge in [-0.25, -0.2) is 8.42 Å². The maximum Gasteiger partial charge on any atom is 0.154 e. The highest BCUT2D eigenvalue weighted by atomic mass is 35.5. The Bertz CT molecular complexity index is 498. The van der Waals surface area contributed by atoms with E-state index in [1.807, 2.05) is 31.2 Å². The molecule has 3 nitrogen and oxygen atoms in total. The van der Waals surface area contributed by atoms with Crippen LogP contribution in [0, 0.1) is 0 Å². The molecular formula is C13H18ClNO2S. The number of nitrogens with one attached hydrogen (secondary N) is 1. The van der Waals surface area contributed by atoms with E-state index < -0.39 is 9.84 Å². The molecule has 1 aliphatic rings. The van der Waals surface area contributed by atoms with E-state index in [0.717, 1.165) is 18.4 Å². The van der Waals surface area contributed by atoms with Crippen LogP contribution in [0.25, 0.3) is 0 Å². The van der Waals surface area contributed by atoms with Crippen LogP contribution >= 0.6 is 11.6 Å². The summed E-state index contributed by atoms with van der Waals surface area (Å²) in [6.45, 7) is 2.57. The first kappa shape index (κ1) is 13.8. The summed E-state index contributed by atoms with van der Waals surface area (Å²) in [4.78, 5) is 0. The first-order valence-electron chi connectivity index (χ1n) is 6.19. The lowest BCUT2D eigenvalue weighted by molar-refractivity contribution is 0.538. The Morgan fingerprint density at radius 2 is 2.06 bits per heavy atom. The molecule has 0 saturated carbocycles. The van der Waals surface area contributed by atoms with Crippen molar-refractivity contribution in [3.05, 3.63) is 34.9 Å². The molecule has 1 saturated heterocycles. The third kappa shape index (κ3) is 3.25. The number of sulfone groups is 1. The Kier molecular flexibility index (Phi) is 4.30. The van der Waals surface area contributed by atoms with Crippen molar-refractivity contribution >= 4 is 21.4 Å². The van der Waals surface area contributed by atoms with E-state index in [1.54, 1.807) is 0 Å². The molecular weight excluding hydrogens is 270 g/mol. The summed E-state index contributed by atoms with van der Waals surface area (Å²) in [5.74, 6) is 0.342. The van der Waals surface area contributed by atoms with Gasteiger partial charge in [-0.1, -0.05) is 23.7 Å². The van der Waals surface area contributed by atoms with Gasteiger partial charge in [0.15, 0.2) is 9.84 Å². The van der Waals surface area contributed by atoms with E-state index in [9.17, 15) is 8.42 Å². The van der Waals surface area contributed by atoms with E-state index in [-0.39, 0.29) is 11.3 Å². The lowest BCUT2D eigenvalue weighted by Gasteiger charge is -2.17. The summed E-state index contributed by atoms with van der Waals surface area (Å²) in [6.07, 6.45) is 1.58. The van der Waals surface area contributed by atoms with Crippen LogP contribution in [-0.4, -0.2) is 26.0 Å². The molecule has 0 spiro atoms. The van der Waals surface area contributed by atoms with Crippen molar-refractivity contribution in [1.29, 1.82) is 0 Å². The van der Waals surface area contributed by atoms with Gasteiger partial charge in [0.1, 0.15) is 0 Å². The topological polar surface area (TPSA) is 46.2 Å². The van der Waals surface area contributed by atoms with E-state index in [2.05, 4.69) is 5.32 Å². The molecule has 2 rings (SSSR count). The van der Waals surface area contributed by atoms with Crippen LogP contribution < -0.4 is 5.32 Å². The highest BCUT2D eigenvalue weighted by Crippen LogP contribution is 2.21. The van der Waals surface area contributed by atoms with Crippen LogP contribution in [0.1, 0.15) is 31.4 Å². The lowest BCUT2D eigenvalue weighted by atomic mass is 10.1. The van der Waals surface area contributed by atoms with Crippen LogP contribution in [0.4, 0.5) is 0 Å². The zero-order valence-corrected chi connectivity index (χ0v) is 12.0. The van der Waals surface area contributed by atoms with Gasteiger partial charge in [-0.05, 0) is 37.5 Å². The van der Waals surface area contributed by atoms with Gasteiger partial charge >= 0.3 is 0 Å². The minimum Gasteiger partial charge on any atom is -0.309 e. The fourth-order valence-electron chi connectivity index (χ4n) is 2.26. The maximum absolute atomic E-state index is 11.7. The number of rotatable bonds is 4. The smallest absolute Gasteiger partial charge is 0.154 e. The number of hydrogen-bond acceptors (Lipinski definition) is 3. The van der Waals surface area contributed by atoms with E-state index in [4.69, 9.17) is 11.6 Å². The summed E-state index contributed by atoms with van der Waals surface area (Å²) in [7, 11) is -2.86. The van der Waals surface area contributed by atoms with Crippen LogP contribution in [0.5, 0.6) is 0 Å². The van der Waals surface area contributed by atoms with Crippen molar-refractivity contribution in [1.82, 2.24) is 5.32 Å². The van der Waals surface area contributed by atoms with Gasteiger partial charge in [0.25, 0.3) is 0 Å². The van der Waals surface area contributed by atoms with E-state index in [0.29, 0.717) is 17.3 Å². The molecule has 2 atom stereocenters. The van der Waals surface area contributed by atoms with Crippen molar-refractivity contribution in [2.75, 3.05) is 12.3 Å². The van der Waals surface area contributed by atoms with Crippen molar-refractivity contribution < 1.29 is 8.42 Å². The zero-order chi connectivity index (χ0) is 13.2. The summed E-state index contributed by atoms with van der Waals surface area (Å²) in [5, 5.41) is 3.79. The highest BCUT2D eigenvalue weighted by Gasteiger charge is 2.31. The normalized spacial score (nSPS) is 24.0. The monoisotopic (exact) mass is 287 g/mol. The van der Waals surface area contributed by atoms with Crippen LogP contribution in [0.2, 0.25) is 5.02 Å². The second-order valence-electron chi connectivity index (χ2n) is 4.81. The predicted molar refractivity (Wildman–Crippen MR) is 74.7 cm³/mol. The molecule has 18 heavy (non-hydrogen) atoms. The molecule has 0 amide bonds. The maximum atomic E-state index is 11.7. The van der Waals surface area contributed by atoms with E-state index in [1.165, 1.54) is 0 Å². The second-order valence-corrected chi connectivity index (χ2v) is 7.65. The van der Waals surface area contributed by atoms with Crippen LogP contribution in [-0.2, 0) is 9.84 Å². The molecule has 1 heterocycles. The average molecular weight is 288 g/mol. The standard InChI is InChI=1S/C13H18ClNO2S/c1-10(11-4-6-12(14)7-5-11)15-9-13-3-2-8-18(13,16)17/h4-7,10,13,15H,2-3,8-9H2,1H3. The Morgan fingerprint density at radius 1 is 1.39 bits per heavy atom. The van der Waals surface area contributed by atoms with Gasteiger partial charge < -0.3 is 5.32 Å². The second kappa shape index (κ2) is 5.59. The van der Waals surface area contributed by atoms with Gasteiger partial charge in [-0.3, -0.25) is 0 Å². The Hall–Kier alpha value is -0.580. The molecule has 0 radical (unpaired) electrons. The van der Waals surface area contributed by atoms with Gasteiger partial charge in [0.05, 0.1) is 11.0 Å². The third-order valence-electron chi connectivity index (χ3n) is 3.48. The Balaban J connectivity index is 1.92.